The Morgan fingerprint density at radius 1 is 1.08 bits per heavy atom. The van der Waals surface area contributed by atoms with Crippen molar-refractivity contribution in [3.63, 3.8) is 0 Å². The Bertz CT molecular complexity index is 1030. The summed E-state index contributed by atoms with van der Waals surface area (Å²) in [6, 6.07) is 11.6. The number of amides is 2. The monoisotopic (exact) mass is 533 g/mol. The van der Waals surface area contributed by atoms with E-state index in [9.17, 15) is 14.0 Å². The molecule has 3 rings (SSSR count). The molecule has 2 aromatic carbocycles. The molecule has 2 atom stereocenters. The van der Waals surface area contributed by atoms with Crippen LogP contribution >= 0.6 is 11.6 Å². The van der Waals surface area contributed by atoms with Gasteiger partial charge in [0.25, 0.3) is 5.91 Å². The van der Waals surface area contributed by atoms with Crippen LogP contribution in [0.5, 0.6) is 0 Å². The van der Waals surface area contributed by atoms with E-state index in [4.69, 9.17) is 16.3 Å². The van der Waals surface area contributed by atoms with Gasteiger partial charge in [0.1, 0.15) is 11.9 Å². The van der Waals surface area contributed by atoms with E-state index in [1.54, 1.807) is 24.3 Å². The largest absolute Gasteiger partial charge is 0.453 e. The minimum absolute atomic E-state index is 0.0478. The maximum absolute atomic E-state index is 14.8. The molecule has 7 nitrogen and oxygen atoms in total. The molecule has 1 unspecified atom stereocenters. The zero-order valence-corrected chi connectivity index (χ0v) is 22.3. The molecule has 2 aromatic rings. The number of alkyl carbamates (subject to hydrolysis) is 1. The molecule has 0 bridgehead atoms. The van der Waals surface area contributed by atoms with Crippen LogP contribution in [0.2, 0.25) is 5.02 Å². The Balaban J connectivity index is 1.71. The van der Waals surface area contributed by atoms with Gasteiger partial charge in [-0.05, 0) is 54.8 Å². The zero-order chi connectivity index (χ0) is 26.6. The molecule has 0 aromatic heterocycles. The Morgan fingerprint density at radius 2 is 1.84 bits per heavy atom. The van der Waals surface area contributed by atoms with Crippen molar-refractivity contribution in [3.8, 4) is 0 Å². The highest BCUT2D eigenvalue weighted by Crippen LogP contribution is 2.30. The van der Waals surface area contributed by atoms with Gasteiger partial charge in [0.2, 0.25) is 0 Å². The summed E-state index contributed by atoms with van der Waals surface area (Å²) >= 11 is 6.20. The summed E-state index contributed by atoms with van der Waals surface area (Å²) in [6.07, 6.45) is 6.08. The maximum atomic E-state index is 14.8. The number of likely N-dealkylation sites (N-methyl/N-ethyl adjacent to an activating group) is 1. The molecule has 3 N–H and O–H groups in total. The fraction of sp³-hybridized carbons (Fsp3) is 0.500. The minimum Gasteiger partial charge on any atom is -0.453 e. The van der Waals surface area contributed by atoms with E-state index in [2.05, 4.69) is 20.7 Å². The summed E-state index contributed by atoms with van der Waals surface area (Å²) < 4.78 is 25.4. The van der Waals surface area contributed by atoms with Crippen LogP contribution in [-0.2, 0) is 9.47 Å². The standard InChI is InChI=1S/C28H37ClFN3O4/c1-31-23(15-19-7-4-3-5-8-19)18-33-27(34)24-17-21(11-12-25(24)30)26(20-9-6-10-22(29)16-20)37-14-13-32-28(35)36-2/h6,9-12,16-17,19,23,26,31H,3-5,7-8,13-15,18H2,1-2H3,(H,32,35)(H,33,34)/t23-,26?/m0/s1. The molecule has 202 valence electrons. The normalized spacial score (nSPS) is 15.6. The Morgan fingerprint density at radius 3 is 2.54 bits per heavy atom. The van der Waals surface area contributed by atoms with Gasteiger partial charge in [-0.15, -0.1) is 0 Å². The molecule has 1 saturated carbocycles. The van der Waals surface area contributed by atoms with Crippen molar-refractivity contribution in [2.75, 3.05) is 33.9 Å². The maximum Gasteiger partial charge on any atom is 0.406 e. The van der Waals surface area contributed by atoms with E-state index in [1.165, 1.54) is 51.3 Å². The fourth-order valence-electron chi connectivity index (χ4n) is 4.78. The van der Waals surface area contributed by atoms with Crippen LogP contribution < -0.4 is 16.0 Å². The third-order valence-electron chi connectivity index (χ3n) is 6.79. The second kappa shape index (κ2) is 14.9. The number of halogens is 2. The van der Waals surface area contributed by atoms with Crippen molar-refractivity contribution in [1.29, 1.82) is 0 Å². The van der Waals surface area contributed by atoms with Crippen molar-refractivity contribution in [2.24, 2.45) is 5.92 Å². The van der Waals surface area contributed by atoms with Gasteiger partial charge < -0.3 is 25.4 Å². The third kappa shape index (κ3) is 8.98. The number of benzene rings is 2. The fourth-order valence-corrected chi connectivity index (χ4v) is 4.97. The SMILES string of the molecule is CN[C@H](CNC(=O)c1cc(C(OCCNC(=O)OC)c2cccc(Cl)c2)ccc1F)CC1CCCCC1. The molecule has 0 saturated heterocycles. The number of carbonyl (C=O) groups is 2. The molecule has 9 heteroatoms. The summed E-state index contributed by atoms with van der Waals surface area (Å²) in [4.78, 5) is 24.4. The first-order chi connectivity index (χ1) is 17.9. The highest BCUT2D eigenvalue weighted by molar-refractivity contribution is 6.30. The second-order valence-electron chi connectivity index (χ2n) is 9.40. The van der Waals surface area contributed by atoms with Crippen LogP contribution in [0.25, 0.3) is 0 Å². The number of hydrogen-bond donors (Lipinski definition) is 3. The van der Waals surface area contributed by atoms with E-state index in [1.807, 2.05) is 13.1 Å². The van der Waals surface area contributed by atoms with Crippen LogP contribution in [0.15, 0.2) is 42.5 Å². The van der Waals surface area contributed by atoms with Gasteiger partial charge in [-0.1, -0.05) is 61.9 Å². The van der Waals surface area contributed by atoms with Crippen LogP contribution in [-0.4, -0.2) is 51.9 Å². The van der Waals surface area contributed by atoms with Gasteiger partial charge in [-0.25, -0.2) is 9.18 Å². The Hall–Kier alpha value is -2.68. The Labute approximate surface area is 223 Å². The number of ether oxygens (including phenoxy) is 2. The molecule has 0 radical (unpaired) electrons. The zero-order valence-electron chi connectivity index (χ0n) is 21.5. The van der Waals surface area contributed by atoms with Crippen LogP contribution in [0, 0.1) is 11.7 Å². The molecular formula is C28H37ClFN3O4. The lowest BCUT2D eigenvalue weighted by atomic mass is 9.85. The molecule has 2 amide bonds. The summed E-state index contributed by atoms with van der Waals surface area (Å²) in [5.41, 5.74) is 1.29. The lowest BCUT2D eigenvalue weighted by Gasteiger charge is -2.26. The predicted octanol–water partition coefficient (Wildman–Crippen LogP) is 5.23. The van der Waals surface area contributed by atoms with Crippen LogP contribution in [0.4, 0.5) is 9.18 Å². The molecule has 1 fully saturated rings. The molecular weight excluding hydrogens is 497 g/mol. The van der Waals surface area contributed by atoms with Crippen molar-refractivity contribution in [2.45, 2.75) is 50.7 Å². The van der Waals surface area contributed by atoms with Gasteiger partial charge in [0.05, 0.1) is 19.3 Å². The van der Waals surface area contributed by atoms with Crippen LogP contribution in [0.3, 0.4) is 0 Å². The molecule has 37 heavy (non-hydrogen) atoms. The van der Waals surface area contributed by atoms with E-state index in [-0.39, 0.29) is 24.8 Å². The first kappa shape index (κ1) is 28.9. The molecule has 0 heterocycles. The van der Waals surface area contributed by atoms with Crippen LogP contribution in [0.1, 0.15) is 66.1 Å². The Kier molecular flexibility index (Phi) is 11.6. The first-order valence-electron chi connectivity index (χ1n) is 12.8. The lowest BCUT2D eigenvalue weighted by Crippen LogP contribution is -2.40. The molecule has 0 spiro atoms. The highest BCUT2D eigenvalue weighted by Gasteiger charge is 2.22. The number of carbonyl (C=O) groups excluding carboxylic acids is 2. The smallest absolute Gasteiger partial charge is 0.406 e. The van der Waals surface area contributed by atoms with E-state index in [0.29, 0.717) is 23.0 Å². The minimum atomic E-state index is -0.623. The average Bonchev–Trinajstić information content (AvgIpc) is 2.91. The second-order valence-corrected chi connectivity index (χ2v) is 9.84. The third-order valence-corrected chi connectivity index (χ3v) is 7.03. The van der Waals surface area contributed by atoms with E-state index >= 15 is 0 Å². The summed E-state index contributed by atoms with van der Waals surface area (Å²) in [6.45, 7) is 0.795. The number of methoxy groups -OCH3 is 1. The van der Waals surface area contributed by atoms with E-state index < -0.39 is 23.9 Å². The van der Waals surface area contributed by atoms with Gasteiger partial charge in [0.15, 0.2) is 0 Å². The lowest BCUT2D eigenvalue weighted by molar-refractivity contribution is 0.0803. The summed E-state index contributed by atoms with van der Waals surface area (Å²) in [5.74, 6) is -0.417. The summed E-state index contributed by atoms with van der Waals surface area (Å²) in [5, 5.41) is 9.27. The van der Waals surface area contributed by atoms with E-state index in [0.717, 1.165) is 12.0 Å². The molecule has 0 aliphatic heterocycles. The summed E-state index contributed by atoms with van der Waals surface area (Å²) in [7, 11) is 3.17. The average molecular weight is 534 g/mol. The predicted molar refractivity (Wildman–Crippen MR) is 142 cm³/mol. The quantitative estimate of drug-likeness (QED) is 0.325. The van der Waals surface area contributed by atoms with Crippen molar-refractivity contribution in [1.82, 2.24) is 16.0 Å². The molecule has 1 aliphatic rings. The van der Waals surface area contributed by atoms with Crippen molar-refractivity contribution in [3.05, 3.63) is 70.0 Å². The molecule has 1 aliphatic carbocycles. The van der Waals surface area contributed by atoms with Gasteiger partial charge in [-0.2, -0.15) is 0 Å². The highest BCUT2D eigenvalue weighted by atomic mass is 35.5. The van der Waals surface area contributed by atoms with Gasteiger partial charge in [-0.3, -0.25) is 4.79 Å². The number of hydrogen-bond acceptors (Lipinski definition) is 5. The number of nitrogens with one attached hydrogen (secondary N) is 3. The topological polar surface area (TPSA) is 88.7 Å². The first-order valence-corrected chi connectivity index (χ1v) is 13.2. The number of rotatable bonds is 12. The van der Waals surface area contributed by atoms with Crippen molar-refractivity contribution >= 4 is 23.6 Å². The van der Waals surface area contributed by atoms with Crippen molar-refractivity contribution < 1.29 is 23.5 Å². The van der Waals surface area contributed by atoms with Gasteiger partial charge >= 0.3 is 6.09 Å². The van der Waals surface area contributed by atoms with Gasteiger partial charge in [0, 0.05) is 24.2 Å².